The van der Waals surface area contributed by atoms with Crippen molar-refractivity contribution in [3.05, 3.63) is 66.1 Å². The molecule has 6 nitrogen and oxygen atoms in total. The SMILES string of the molecule is O=C(c1ccc(-n2ccc3cc(F)ccc32)cc1)N1CCN(C(=O)C2(O)CC2)CC1. The van der Waals surface area contributed by atoms with Crippen molar-refractivity contribution in [3.8, 4) is 5.69 Å². The zero-order valence-electron chi connectivity index (χ0n) is 16.4. The Hall–Kier alpha value is -3.19. The number of piperazine rings is 1. The summed E-state index contributed by atoms with van der Waals surface area (Å²) in [4.78, 5) is 28.5. The summed E-state index contributed by atoms with van der Waals surface area (Å²) in [5, 5.41) is 10.8. The highest BCUT2D eigenvalue weighted by atomic mass is 19.1. The number of aliphatic hydroxyl groups is 1. The summed E-state index contributed by atoms with van der Waals surface area (Å²) in [6, 6.07) is 13.9. The van der Waals surface area contributed by atoms with Crippen LogP contribution in [-0.4, -0.2) is 63.1 Å². The van der Waals surface area contributed by atoms with Gasteiger partial charge in [0.1, 0.15) is 11.4 Å². The summed E-state index contributed by atoms with van der Waals surface area (Å²) < 4.78 is 15.4. The molecule has 2 fully saturated rings. The first-order chi connectivity index (χ1) is 14.4. The fourth-order valence-corrected chi connectivity index (χ4v) is 4.02. The van der Waals surface area contributed by atoms with Crippen LogP contribution in [0, 0.1) is 5.82 Å². The van der Waals surface area contributed by atoms with Gasteiger partial charge in [0, 0.05) is 49.0 Å². The van der Waals surface area contributed by atoms with Crippen molar-refractivity contribution in [3.63, 3.8) is 0 Å². The van der Waals surface area contributed by atoms with E-state index in [-0.39, 0.29) is 17.6 Å². The molecule has 5 rings (SSSR count). The third-order valence-electron chi connectivity index (χ3n) is 6.02. The molecule has 2 amide bonds. The molecule has 2 heterocycles. The van der Waals surface area contributed by atoms with Gasteiger partial charge in [-0.15, -0.1) is 0 Å². The van der Waals surface area contributed by atoms with E-state index < -0.39 is 5.60 Å². The van der Waals surface area contributed by atoms with Gasteiger partial charge in [0.05, 0.1) is 5.52 Å². The van der Waals surface area contributed by atoms with Gasteiger partial charge in [0.25, 0.3) is 11.8 Å². The summed E-state index contributed by atoms with van der Waals surface area (Å²) >= 11 is 0. The normalized spacial score (nSPS) is 17.9. The Morgan fingerprint density at radius 3 is 2.23 bits per heavy atom. The Kier molecular flexibility index (Phi) is 4.36. The lowest BCUT2D eigenvalue weighted by molar-refractivity contribution is -0.143. The third kappa shape index (κ3) is 3.25. The lowest BCUT2D eigenvalue weighted by atomic mass is 10.1. The van der Waals surface area contributed by atoms with Gasteiger partial charge in [0.15, 0.2) is 0 Å². The minimum atomic E-state index is -1.16. The van der Waals surface area contributed by atoms with Gasteiger partial charge in [-0.1, -0.05) is 0 Å². The fraction of sp³-hybridized carbons (Fsp3) is 0.304. The van der Waals surface area contributed by atoms with Crippen LogP contribution in [0.15, 0.2) is 54.7 Å². The average Bonchev–Trinajstić information content (AvgIpc) is 3.39. The molecule has 0 radical (unpaired) electrons. The first-order valence-corrected chi connectivity index (χ1v) is 10.1. The second-order valence-electron chi connectivity index (χ2n) is 8.05. The second-order valence-corrected chi connectivity index (χ2v) is 8.05. The van der Waals surface area contributed by atoms with Crippen LogP contribution in [-0.2, 0) is 4.79 Å². The second kappa shape index (κ2) is 6.95. The van der Waals surface area contributed by atoms with Gasteiger partial charge in [-0.2, -0.15) is 0 Å². The molecule has 30 heavy (non-hydrogen) atoms. The van der Waals surface area contributed by atoms with Crippen molar-refractivity contribution in [1.82, 2.24) is 14.4 Å². The van der Waals surface area contributed by atoms with E-state index in [2.05, 4.69) is 0 Å². The number of halogens is 1. The van der Waals surface area contributed by atoms with Crippen LogP contribution in [0.4, 0.5) is 4.39 Å². The minimum absolute atomic E-state index is 0.0711. The lowest BCUT2D eigenvalue weighted by Crippen LogP contribution is -2.53. The standard InChI is InChI=1S/C23H22FN3O3/c24-18-3-6-20-17(15-18)7-10-27(20)19-4-1-16(2-5-19)21(28)25-11-13-26(14-12-25)22(29)23(30)8-9-23/h1-7,10,15,30H,8-9,11-14H2. The van der Waals surface area contributed by atoms with E-state index in [1.165, 1.54) is 12.1 Å². The van der Waals surface area contributed by atoms with Gasteiger partial charge in [-0.05, 0) is 61.4 Å². The van der Waals surface area contributed by atoms with Crippen molar-refractivity contribution in [2.24, 2.45) is 0 Å². The molecule has 0 spiro atoms. The number of hydrogen-bond donors (Lipinski definition) is 1. The zero-order valence-corrected chi connectivity index (χ0v) is 16.4. The van der Waals surface area contributed by atoms with E-state index in [4.69, 9.17) is 0 Å². The number of nitrogens with zero attached hydrogens (tertiary/aromatic N) is 3. The summed E-state index contributed by atoms with van der Waals surface area (Å²) in [6.45, 7) is 1.79. The molecule has 0 atom stereocenters. The van der Waals surface area contributed by atoms with Gasteiger partial charge < -0.3 is 19.5 Å². The number of amides is 2. The van der Waals surface area contributed by atoms with Crippen molar-refractivity contribution >= 4 is 22.7 Å². The number of benzene rings is 2. The Balaban J connectivity index is 1.27. The predicted octanol–water partition coefficient (Wildman–Crippen LogP) is 2.58. The van der Waals surface area contributed by atoms with Crippen molar-refractivity contribution in [2.75, 3.05) is 26.2 Å². The number of rotatable bonds is 3. The molecule has 1 saturated carbocycles. The maximum atomic E-state index is 13.4. The van der Waals surface area contributed by atoms with Crippen LogP contribution in [0.2, 0.25) is 0 Å². The van der Waals surface area contributed by atoms with Crippen LogP contribution < -0.4 is 0 Å². The molecule has 1 aliphatic heterocycles. The van der Waals surface area contributed by atoms with E-state index >= 15 is 0 Å². The van der Waals surface area contributed by atoms with Crippen LogP contribution in [0.3, 0.4) is 0 Å². The van der Waals surface area contributed by atoms with Gasteiger partial charge in [-0.25, -0.2) is 4.39 Å². The summed E-state index contributed by atoms with van der Waals surface area (Å²) in [5.41, 5.74) is 1.22. The van der Waals surface area contributed by atoms with Crippen molar-refractivity contribution in [1.29, 1.82) is 0 Å². The molecule has 2 aromatic carbocycles. The molecule has 3 aromatic rings. The lowest BCUT2D eigenvalue weighted by Gasteiger charge is -2.35. The molecule has 1 saturated heterocycles. The Morgan fingerprint density at radius 2 is 1.57 bits per heavy atom. The molecule has 1 aliphatic carbocycles. The maximum absolute atomic E-state index is 13.4. The maximum Gasteiger partial charge on any atom is 0.254 e. The molecule has 1 aromatic heterocycles. The van der Waals surface area contributed by atoms with Gasteiger partial charge >= 0.3 is 0 Å². The van der Waals surface area contributed by atoms with Crippen LogP contribution in [0.5, 0.6) is 0 Å². The van der Waals surface area contributed by atoms with E-state index in [1.807, 2.05) is 29.0 Å². The highest BCUT2D eigenvalue weighted by Gasteiger charge is 2.50. The molecule has 1 N–H and O–H groups in total. The number of carbonyl (C=O) groups excluding carboxylic acids is 2. The third-order valence-corrected chi connectivity index (χ3v) is 6.02. The summed E-state index contributed by atoms with van der Waals surface area (Å²) in [5.74, 6) is -0.551. The quantitative estimate of drug-likeness (QED) is 0.726. The molecule has 2 aliphatic rings. The van der Waals surface area contributed by atoms with E-state index in [0.717, 1.165) is 16.6 Å². The van der Waals surface area contributed by atoms with Crippen LogP contribution in [0.25, 0.3) is 16.6 Å². The molecule has 154 valence electrons. The monoisotopic (exact) mass is 407 g/mol. The zero-order chi connectivity index (χ0) is 20.9. The largest absolute Gasteiger partial charge is 0.380 e. The number of aromatic nitrogens is 1. The number of hydrogen-bond acceptors (Lipinski definition) is 3. The first kappa shape index (κ1) is 18.8. The van der Waals surface area contributed by atoms with Gasteiger partial charge in [-0.3, -0.25) is 9.59 Å². The predicted molar refractivity (Wildman–Crippen MR) is 110 cm³/mol. The Morgan fingerprint density at radius 1 is 0.900 bits per heavy atom. The molecule has 7 heteroatoms. The first-order valence-electron chi connectivity index (χ1n) is 10.1. The summed E-state index contributed by atoms with van der Waals surface area (Å²) in [7, 11) is 0. The van der Waals surface area contributed by atoms with E-state index in [9.17, 15) is 19.1 Å². The topological polar surface area (TPSA) is 65.8 Å². The molecular formula is C23H22FN3O3. The van der Waals surface area contributed by atoms with Crippen molar-refractivity contribution < 1.29 is 19.1 Å². The van der Waals surface area contributed by atoms with Gasteiger partial charge in [0.2, 0.25) is 0 Å². The highest BCUT2D eigenvalue weighted by Crippen LogP contribution is 2.37. The van der Waals surface area contributed by atoms with E-state index in [0.29, 0.717) is 44.6 Å². The average molecular weight is 407 g/mol. The Bertz CT molecular complexity index is 1130. The van der Waals surface area contributed by atoms with Crippen molar-refractivity contribution in [2.45, 2.75) is 18.4 Å². The highest BCUT2D eigenvalue weighted by molar-refractivity contribution is 5.95. The molecule has 0 unspecified atom stereocenters. The van der Waals surface area contributed by atoms with E-state index in [1.54, 1.807) is 28.0 Å². The Labute approximate surface area is 173 Å². The summed E-state index contributed by atoms with van der Waals surface area (Å²) in [6.07, 6.45) is 2.94. The number of fused-ring (bicyclic) bond motifs is 1. The smallest absolute Gasteiger partial charge is 0.254 e. The molecule has 0 bridgehead atoms. The fourth-order valence-electron chi connectivity index (χ4n) is 4.02. The molecular weight excluding hydrogens is 385 g/mol. The minimum Gasteiger partial charge on any atom is -0.380 e. The van der Waals surface area contributed by atoms with Crippen LogP contribution in [0.1, 0.15) is 23.2 Å². The van der Waals surface area contributed by atoms with Crippen LogP contribution >= 0.6 is 0 Å². The number of carbonyl (C=O) groups is 2.